The van der Waals surface area contributed by atoms with Gasteiger partial charge in [-0.25, -0.2) is 0 Å². The van der Waals surface area contributed by atoms with E-state index in [2.05, 4.69) is 21.9 Å². The van der Waals surface area contributed by atoms with E-state index in [4.69, 9.17) is 0 Å². The molecule has 126 valence electrons. The number of carbonyl (C=O) groups is 1. The Hall–Kier alpha value is -0.180. The van der Waals surface area contributed by atoms with E-state index in [1.807, 2.05) is 44.5 Å². The van der Waals surface area contributed by atoms with Gasteiger partial charge in [-0.2, -0.15) is 11.8 Å². The molecule has 0 rings (SSSR count). The predicted octanol–water partition coefficient (Wildman–Crippen LogP) is 2.17. The first-order valence-electron chi connectivity index (χ1n) is 7.02. The van der Waals surface area contributed by atoms with E-state index in [1.54, 1.807) is 7.05 Å². The summed E-state index contributed by atoms with van der Waals surface area (Å²) in [5, 5.41) is 6.23. The molecule has 0 aromatic rings. The highest BCUT2D eigenvalue weighted by molar-refractivity contribution is 14.0. The molecule has 0 atom stereocenters. The third-order valence-corrected chi connectivity index (χ3v) is 3.22. The normalized spacial score (nSPS) is 11.6. The van der Waals surface area contributed by atoms with Crippen molar-refractivity contribution in [3.63, 3.8) is 0 Å². The summed E-state index contributed by atoms with van der Waals surface area (Å²) in [5.41, 5.74) is -0.202. The number of guanidine groups is 1. The number of rotatable bonds is 7. The van der Waals surface area contributed by atoms with Gasteiger partial charge in [-0.3, -0.25) is 9.79 Å². The Labute approximate surface area is 151 Å². The zero-order valence-corrected chi connectivity index (χ0v) is 17.3. The van der Waals surface area contributed by atoms with Crippen LogP contribution in [0.2, 0.25) is 0 Å². The molecule has 1 amide bonds. The van der Waals surface area contributed by atoms with Crippen LogP contribution < -0.4 is 10.6 Å². The Morgan fingerprint density at radius 3 is 2.38 bits per heavy atom. The topological polar surface area (TPSA) is 56.7 Å². The molecular formula is C14H31IN4OS. The van der Waals surface area contributed by atoms with Crippen LogP contribution in [0.15, 0.2) is 4.99 Å². The lowest BCUT2D eigenvalue weighted by Crippen LogP contribution is -2.48. The fourth-order valence-electron chi connectivity index (χ4n) is 1.70. The van der Waals surface area contributed by atoms with Crippen LogP contribution in [-0.2, 0) is 4.79 Å². The second-order valence-corrected chi connectivity index (χ2v) is 6.81. The Bertz CT molecular complexity index is 319. The Morgan fingerprint density at radius 2 is 1.90 bits per heavy atom. The summed E-state index contributed by atoms with van der Waals surface area (Å²) >= 11 is 1.86. The maximum atomic E-state index is 11.9. The summed E-state index contributed by atoms with van der Waals surface area (Å²) in [6.07, 6.45) is 4.43. The van der Waals surface area contributed by atoms with Gasteiger partial charge in [0.2, 0.25) is 5.91 Å². The molecule has 0 aliphatic heterocycles. The van der Waals surface area contributed by atoms with Crippen LogP contribution in [0.4, 0.5) is 0 Å². The van der Waals surface area contributed by atoms with E-state index in [0.717, 1.165) is 18.9 Å². The summed E-state index contributed by atoms with van der Waals surface area (Å²) in [6.45, 7) is 7.12. The maximum absolute atomic E-state index is 11.9. The number of thioether (sulfide) groups is 1. The van der Waals surface area contributed by atoms with E-state index in [-0.39, 0.29) is 35.4 Å². The van der Waals surface area contributed by atoms with Crippen molar-refractivity contribution in [2.75, 3.05) is 39.2 Å². The minimum Gasteiger partial charge on any atom is -0.356 e. The van der Waals surface area contributed by atoms with Crippen molar-refractivity contribution in [2.45, 2.75) is 39.2 Å². The highest BCUT2D eigenvalue weighted by atomic mass is 127. The van der Waals surface area contributed by atoms with Crippen molar-refractivity contribution in [3.05, 3.63) is 0 Å². The molecule has 7 heteroatoms. The van der Waals surface area contributed by atoms with Crippen LogP contribution in [0.25, 0.3) is 0 Å². The first-order chi connectivity index (χ1) is 9.30. The van der Waals surface area contributed by atoms with Crippen LogP contribution in [0.1, 0.15) is 33.6 Å². The van der Waals surface area contributed by atoms with Crippen LogP contribution in [0, 0.1) is 0 Å². The van der Waals surface area contributed by atoms with Crippen LogP contribution in [0.3, 0.4) is 0 Å². The molecular weight excluding hydrogens is 399 g/mol. The second kappa shape index (κ2) is 12.4. The van der Waals surface area contributed by atoms with Gasteiger partial charge < -0.3 is 15.5 Å². The van der Waals surface area contributed by atoms with E-state index < -0.39 is 0 Å². The number of amides is 1. The zero-order chi connectivity index (χ0) is 15.6. The molecule has 0 unspecified atom stereocenters. The molecule has 5 nitrogen and oxygen atoms in total. The monoisotopic (exact) mass is 430 g/mol. The lowest BCUT2D eigenvalue weighted by Gasteiger charge is -2.25. The number of carbonyl (C=O) groups excluding carboxylic acids is 1. The third-order valence-electron chi connectivity index (χ3n) is 2.53. The summed E-state index contributed by atoms with van der Waals surface area (Å²) < 4.78 is 0. The lowest BCUT2D eigenvalue weighted by molar-refractivity contribution is -0.122. The minimum absolute atomic E-state index is 0. The van der Waals surface area contributed by atoms with E-state index in [0.29, 0.717) is 6.54 Å². The summed E-state index contributed by atoms with van der Waals surface area (Å²) in [6, 6.07) is 0. The molecule has 0 saturated carbocycles. The van der Waals surface area contributed by atoms with Gasteiger partial charge in [0.15, 0.2) is 5.96 Å². The molecule has 2 N–H and O–H groups in total. The third kappa shape index (κ3) is 13.2. The van der Waals surface area contributed by atoms with Gasteiger partial charge in [0.25, 0.3) is 0 Å². The van der Waals surface area contributed by atoms with Gasteiger partial charge in [0, 0.05) is 26.2 Å². The highest BCUT2D eigenvalue weighted by Crippen LogP contribution is 1.99. The van der Waals surface area contributed by atoms with Gasteiger partial charge in [-0.15, -0.1) is 24.0 Å². The molecule has 0 saturated heterocycles. The Balaban J connectivity index is 0. The number of hydrogen-bond acceptors (Lipinski definition) is 3. The molecule has 0 aliphatic rings. The first-order valence-corrected chi connectivity index (χ1v) is 8.41. The standard InChI is InChI=1S/C14H30N4OS.HI/c1-14(2,3)17-12(19)11-18(5)13(15-4)16-9-7-8-10-20-6;/h7-11H2,1-6H3,(H,15,16)(H,17,19);1H. The molecule has 0 radical (unpaired) electrons. The largest absolute Gasteiger partial charge is 0.356 e. The number of nitrogens with one attached hydrogen (secondary N) is 2. The number of nitrogens with zero attached hydrogens (tertiary/aromatic N) is 2. The van der Waals surface area contributed by atoms with Gasteiger partial charge in [0.05, 0.1) is 6.54 Å². The molecule has 0 fully saturated rings. The van der Waals surface area contributed by atoms with E-state index >= 15 is 0 Å². The summed E-state index contributed by atoms with van der Waals surface area (Å²) in [4.78, 5) is 17.9. The molecule has 0 spiro atoms. The van der Waals surface area contributed by atoms with Crippen molar-refractivity contribution in [3.8, 4) is 0 Å². The first kappa shape index (κ1) is 23.1. The van der Waals surface area contributed by atoms with Gasteiger partial charge in [-0.05, 0) is 45.6 Å². The molecule has 0 aromatic carbocycles. The van der Waals surface area contributed by atoms with Gasteiger partial charge in [0.1, 0.15) is 0 Å². The fraction of sp³-hybridized carbons (Fsp3) is 0.857. The second-order valence-electron chi connectivity index (χ2n) is 5.83. The summed E-state index contributed by atoms with van der Waals surface area (Å²) in [7, 11) is 3.61. The number of unbranched alkanes of at least 4 members (excludes halogenated alkanes) is 1. The molecule has 0 heterocycles. The summed E-state index contributed by atoms with van der Waals surface area (Å²) in [5.74, 6) is 1.95. The van der Waals surface area contributed by atoms with Crippen LogP contribution >= 0.6 is 35.7 Å². The smallest absolute Gasteiger partial charge is 0.240 e. The predicted molar refractivity (Wildman–Crippen MR) is 105 cm³/mol. The number of likely N-dealkylation sites (N-methyl/N-ethyl adjacent to an activating group) is 1. The van der Waals surface area contributed by atoms with Crippen molar-refractivity contribution in [1.82, 2.24) is 15.5 Å². The maximum Gasteiger partial charge on any atom is 0.240 e. The minimum atomic E-state index is -0.202. The number of hydrogen-bond donors (Lipinski definition) is 2. The molecule has 0 bridgehead atoms. The number of halogens is 1. The Morgan fingerprint density at radius 1 is 1.29 bits per heavy atom. The van der Waals surface area contributed by atoms with Gasteiger partial charge in [-0.1, -0.05) is 0 Å². The Kier molecular flexibility index (Phi) is 13.6. The average molecular weight is 430 g/mol. The fourth-order valence-corrected chi connectivity index (χ4v) is 2.20. The SMILES string of the molecule is CN=C(NCCCCSC)N(C)CC(=O)NC(C)(C)C.I. The van der Waals surface area contributed by atoms with Crippen molar-refractivity contribution in [1.29, 1.82) is 0 Å². The van der Waals surface area contributed by atoms with Gasteiger partial charge >= 0.3 is 0 Å². The quantitative estimate of drug-likeness (QED) is 0.281. The zero-order valence-electron chi connectivity index (χ0n) is 14.2. The molecule has 0 aromatic heterocycles. The molecule has 0 aliphatic carbocycles. The van der Waals surface area contributed by atoms with Crippen LogP contribution in [0.5, 0.6) is 0 Å². The molecule has 21 heavy (non-hydrogen) atoms. The lowest BCUT2D eigenvalue weighted by atomic mass is 10.1. The van der Waals surface area contributed by atoms with Crippen molar-refractivity contribution < 1.29 is 4.79 Å². The van der Waals surface area contributed by atoms with Crippen molar-refractivity contribution >= 4 is 47.6 Å². The van der Waals surface area contributed by atoms with Crippen molar-refractivity contribution in [2.24, 2.45) is 4.99 Å². The highest BCUT2D eigenvalue weighted by Gasteiger charge is 2.16. The number of aliphatic imine (C=N–C) groups is 1. The van der Waals surface area contributed by atoms with Crippen LogP contribution in [-0.4, -0.2) is 61.5 Å². The van der Waals surface area contributed by atoms with E-state index in [9.17, 15) is 4.79 Å². The average Bonchev–Trinajstić information content (AvgIpc) is 2.31. The van der Waals surface area contributed by atoms with E-state index in [1.165, 1.54) is 12.2 Å².